The van der Waals surface area contributed by atoms with Crippen molar-refractivity contribution in [2.24, 2.45) is 5.92 Å². The van der Waals surface area contributed by atoms with Crippen molar-refractivity contribution < 1.29 is 4.42 Å². The van der Waals surface area contributed by atoms with Crippen molar-refractivity contribution in [3.63, 3.8) is 0 Å². The first-order valence-corrected chi connectivity index (χ1v) is 8.71. The van der Waals surface area contributed by atoms with E-state index in [1.165, 1.54) is 29.8 Å². The number of thiazole rings is 1. The van der Waals surface area contributed by atoms with Crippen LogP contribution in [0.5, 0.6) is 0 Å². The Hall–Kier alpha value is -1.13. The van der Waals surface area contributed by atoms with Crippen LogP contribution in [0.3, 0.4) is 0 Å². The molecule has 1 atom stereocenters. The minimum Gasteiger partial charge on any atom is -0.469 e. The number of hydrogen-bond donors (Lipinski definition) is 1. The number of rotatable bonds is 5. The Morgan fingerprint density at radius 3 is 3.05 bits per heavy atom. The molecule has 0 radical (unpaired) electrons. The van der Waals surface area contributed by atoms with E-state index in [9.17, 15) is 0 Å². The molecule has 0 saturated heterocycles. The summed E-state index contributed by atoms with van der Waals surface area (Å²) in [5.74, 6) is 2.24. The third kappa shape index (κ3) is 3.22. The molecule has 2 aromatic rings. The molecule has 1 N–H and O–H groups in total. The predicted molar refractivity (Wildman–Crippen MR) is 87.9 cm³/mol. The zero-order chi connectivity index (χ0) is 14.8. The van der Waals surface area contributed by atoms with E-state index in [1.54, 1.807) is 6.26 Å². The van der Waals surface area contributed by atoms with Crippen LogP contribution in [-0.4, -0.2) is 18.1 Å². The first kappa shape index (κ1) is 14.8. The van der Waals surface area contributed by atoms with Crippen LogP contribution < -0.4 is 5.32 Å². The quantitative estimate of drug-likeness (QED) is 0.891. The summed E-state index contributed by atoms with van der Waals surface area (Å²) in [5, 5.41) is 4.72. The lowest BCUT2D eigenvalue weighted by Crippen LogP contribution is -2.27. The minimum atomic E-state index is 0.574. The molecule has 114 valence electrons. The summed E-state index contributed by atoms with van der Waals surface area (Å²) < 4.78 is 5.42. The van der Waals surface area contributed by atoms with Gasteiger partial charge in [-0.1, -0.05) is 13.8 Å². The Morgan fingerprint density at radius 1 is 1.48 bits per heavy atom. The second-order valence-electron chi connectivity index (χ2n) is 6.36. The third-order valence-electron chi connectivity index (χ3n) is 4.10. The van der Waals surface area contributed by atoms with Gasteiger partial charge in [-0.15, -0.1) is 11.3 Å². The van der Waals surface area contributed by atoms with Crippen molar-refractivity contribution in [3.05, 3.63) is 28.7 Å². The first-order chi connectivity index (χ1) is 10.1. The Bertz CT molecular complexity index is 600. The van der Waals surface area contributed by atoms with Gasteiger partial charge in [0.1, 0.15) is 10.8 Å². The van der Waals surface area contributed by atoms with Gasteiger partial charge in [-0.25, -0.2) is 4.98 Å². The van der Waals surface area contributed by atoms with Gasteiger partial charge in [-0.05, 0) is 44.7 Å². The summed E-state index contributed by atoms with van der Waals surface area (Å²) in [6.07, 6.45) is 5.48. The number of nitrogens with zero attached hydrogens (tertiary/aromatic N) is 1. The number of furan rings is 1. The van der Waals surface area contributed by atoms with Gasteiger partial charge in [-0.3, -0.25) is 0 Å². The minimum absolute atomic E-state index is 0.574. The smallest absolute Gasteiger partial charge is 0.127 e. The van der Waals surface area contributed by atoms with E-state index in [-0.39, 0.29) is 0 Å². The van der Waals surface area contributed by atoms with Gasteiger partial charge in [0.2, 0.25) is 0 Å². The van der Waals surface area contributed by atoms with Crippen LogP contribution in [0.25, 0.3) is 10.6 Å². The van der Waals surface area contributed by atoms with Crippen LogP contribution in [0.2, 0.25) is 0 Å². The van der Waals surface area contributed by atoms with Gasteiger partial charge in [0, 0.05) is 17.3 Å². The molecule has 21 heavy (non-hydrogen) atoms. The van der Waals surface area contributed by atoms with Gasteiger partial charge in [-0.2, -0.15) is 0 Å². The number of hydrogen-bond acceptors (Lipinski definition) is 4. The van der Waals surface area contributed by atoms with Gasteiger partial charge in [0.05, 0.1) is 17.5 Å². The van der Waals surface area contributed by atoms with Crippen LogP contribution >= 0.6 is 11.3 Å². The lowest BCUT2D eigenvalue weighted by molar-refractivity contribution is 0.473. The van der Waals surface area contributed by atoms with E-state index in [4.69, 9.17) is 9.40 Å². The topological polar surface area (TPSA) is 38.1 Å². The summed E-state index contributed by atoms with van der Waals surface area (Å²) >= 11 is 1.85. The second kappa shape index (κ2) is 6.32. The van der Waals surface area contributed by atoms with Crippen LogP contribution in [0.4, 0.5) is 0 Å². The monoisotopic (exact) mass is 304 g/mol. The summed E-state index contributed by atoms with van der Waals surface area (Å²) in [6, 6.07) is 2.03. The number of aromatic nitrogens is 1. The average molecular weight is 304 g/mol. The summed E-state index contributed by atoms with van der Waals surface area (Å²) in [4.78, 5) is 6.43. The summed E-state index contributed by atoms with van der Waals surface area (Å²) in [6.45, 7) is 8.66. The zero-order valence-electron chi connectivity index (χ0n) is 13.1. The fourth-order valence-corrected chi connectivity index (χ4v) is 4.24. The highest BCUT2D eigenvalue weighted by atomic mass is 32.1. The molecular formula is C17H24N2OS. The van der Waals surface area contributed by atoms with Crippen LogP contribution in [-0.2, 0) is 6.42 Å². The maximum atomic E-state index is 5.42. The molecule has 2 heterocycles. The maximum Gasteiger partial charge on any atom is 0.127 e. The number of nitrogens with one attached hydrogen (secondary N) is 1. The lowest BCUT2D eigenvalue weighted by atomic mass is 9.91. The average Bonchev–Trinajstić information content (AvgIpc) is 3.04. The molecule has 1 aliphatic carbocycles. The van der Waals surface area contributed by atoms with E-state index in [0.717, 1.165) is 29.4 Å². The third-order valence-corrected chi connectivity index (χ3v) is 5.27. The molecule has 0 aromatic carbocycles. The Kier molecular flexibility index (Phi) is 4.45. The lowest BCUT2D eigenvalue weighted by Gasteiger charge is -2.22. The predicted octanol–water partition coefficient (Wildman–Crippen LogP) is 4.38. The van der Waals surface area contributed by atoms with Gasteiger partial charge < -0.3 is 9.73 Å². The van der Waals surface area contributed by atoms with E-state index >= 15 is 0 Å². The van der Waals surface area contributed by atoms with E-state index in [0.29, 0.717) is 11.8 Å². The molecule has 0 amide bonds. The molecule has 0 fully saturated rings. The molecule has 1 aliphatic rings. The highest BCUT2D eigenvalue weighted by Crippen LogP contribution is 2.38. The number of fused-ring (bicyclic) bond motifs is 1. The summed E-state index contributed by atoms with van der Waals surface area (Å²) in [7, 11) is 0. The molecule has 0 spiro atoms. The fraction of sp³-hybridized carbons (Fsp3) is 0.588. The maximum absolute atomic E-state index is 5.42. The van der Waals surface area contributed by atoms with Gasteiger partial charge in [0.25, 0.3) is 0 Å². The normalized spacial score (nSPS) is 18.2. The number of aryl methyl sites for hydroxylation is 2. The van der Waals surface area contributed by atoms with Crippen LogP contribution in [0, 0.1) is 12.8 Å². The van der Waals surface area contributed by atoms with Crippen LogP contribution in [0.1, 0.15) is 48.9 Å². The SMILES string of the molecule is Cc1occc1-c1nc2c(s1)CCCC2CNCC(C)C. The van der Waals surface area contributed by atoms with E-state index in [1.807, 2.05) is 24.3 Å². The zero-order valence-corrected chi connectivity index (χ0v) is 13.9. The highest BCUT2D eigenvalue weighted by molar-refractivity contribution is 7.15. The molecule has 3 nitrogen and oxygen atoms in total. The Labute approximate surface area is 130 Å². The van der Waals surface area contributed by atoms with Crippen molar-refractivity contribution in [1.82, 2.24) is 10.3 Å². The van der Waals surface area contributed by atoms with Crippen molar-refractivity contribution >= 4 is 11.3 Å². The molecule has 3 rings (SSSR count). The van der Waals surface area contributed by atoms with Crippen molar-refractivity contribution in [2.45, 2.75) is 46.0 Å². The van der Waals surface area contributed by atoms with Crippen molar-refractivity contribution in [1.29, 1.82) is 0 Å². The van der Waals surface area contributed by atoms with E-state index < -0.39 is 0 Å². The second-order valence-corrected chi connectivity index (χ2v) is 7.44. The Balaban J connectivity index is 1.78. The largest absolute Gasteiger partial charge is 0.469 e. The van der Waals surface area contributed by atoms with Crippen LogP contribution in [0.15, 0.2) is 16.7 Å². The van der Waals surface area contributed by atoms with Crippen molar-refractivity contribution in [2.75, 3.05) is 13.1 Å². The Morgan fingerprint density at radius 2 is 2.33 bits per heavy atom. The van der Waals surface area contributed by atoms with E-state index in [2.05, 4.69) is 19.2 Å². The standard InChI is InChI=1S/C17H24N2OS/c1-11(2)9-18-10-13-5-4-6-15-16(13)19-17(21-15)14-7-8-20-12(14)3/h7-8,11,13,18H,4-6,9-10H2,1-3H3. The van der Waals surface area contributed by atoms with Gasteiger partial charge >= 0.3 is 0 Å². The molecule has 0 saturated carbocycles. The molecule has 1 unspecified atom stereocenters. The molecule has 0 bridgehead atoms. The van der Waals surface area contributed by atoms with Crippen molar-refractivity contribution in [3.8, 4) is 10.6 Å². The molecule has 2 aromatic heterocycles. The fourth-order valence-electron chi connectivity index (χ4n) is 2.97. The molecule has 4 heteroatoms. The summed E-state index contributed by atoms with van der Waals surface area (Å²) in [5.41, 5.74) is 2.49. The first-order valence-electron chi connectivity index (χ1n) is 7.90. The highest BCUT2D eigenvalue weighted by Gasteiger charge is 2.25. The molecular weight excluding hydrogens is 280 g/mol. The molecule has 0 aliphatic heterocycles. The van der Waals surface area contributed by atoms with Gasteiger partial charge in [0.15, 0.2) is 0 Å².